The molecule has 1 aromatic heterocycles. The molecule has 0 N–H and O–H groups in total. The van der Waals surface area contributed by atoms with Gasteiger partial charge in [-0.15, -0.1) is 0 Å². The van der Waals surface area contributed by atoms with Gasteiger partial charge in [-0.2, -0.15) is 0 Å². The van der Waals surface area contributed by atoms with E-state index in [4.69, 9.17) is 9.15 Å². The Kier molecular flexibility index (Phi) is 6.50. The molecule has 0 spiro atoms. The second-order valence-electron chi connectivity index (χ2n) is 7.42. The summed E-state index contributed by atoms with van der Waals surface area (Å²) in [7, 11) is -3.12. The molecule has 8 heteroatoms. The van der Waals surface area contributed by atoms with Gasteiger partial charge in [0.1, 0.15) is 11.5 Å². The summed E-state index contributed by atoms with van der Waals surface area (Å²) in [5, 5.41) is 0. The van der Waals surface area contributed by atoms with E-state index in [1.54, 1.807) is 41.3 Å². The molecule has 2 aromatic rings. The zero-order chi connectivity index (χ0) is 20.3. The van der Waals surface area contributed by atoms with Crippen LogP contribution in [0, 0.1) is 5.92 Å². The van der Waals surface area contributed by atoms with E-state index in [1.807, 2.05) is 0 Å². The van der Waals surface area contributed by atoms with Crippen LogP contribution in [0.5, 0.6) is 5.75 Å². The highest BCUT2D eigenvalue weighted by molar-refractivity contribution is 9.10. The van der Waals surface area contributed by atoms with Gasteiger partial charge < -0.3 is 14.1 Å². The molecule has 2 heterocycles. The van der Waals surface area contributed by atoms with E-state index in [0.29, 0.717) is 40.7 Å². The molecule has 152 valence electrons. The van der Waals surface area contributed by atoms with Crippen molar-refractivity contribution in [3.63, 3.8) is 0 Å². The monoisotopic (exact) mass is 469 g/mol. The van der Waals surface area contributed by atoms with Crippen LogP contribution in [0.3, 0.4) is 0 Å². The molecule has 1 atom stereocenters. The number of carbonyl (C=O) groups is 1. The summed E-state index contributed by atoms with van der Waals surface area (Å²) in [6.45, 7) is 4.96. The van der Waals surface area contributed by atoms with Crippen molar-refractivity contribution in [3.05, 3.63) is 52.4 Å². The first kappa shape index (κ1) is 20.9. The summed E-state index contributed by atoms with van der Waals surface area (Å²) in [6, 6.07) is 10.1. The Hall–Kier alpha value is -1.80. The number of nitrogens with zero attached hydrogens (tertiary/aromatic N) is 1. The number of rotatable bonds is 7. The molecule has 0 unspecified atom stereocenters. The number of furan rings is 1. The lowest BCUT2D eigenvalue weighted by atomic mass is 10.1. The molecule has 1 aliphatic rings. The van der Waals surface area contributed by atoms with Crippen molar-refractivity contribution in [2.45, 2.75) is 32.9 Å². The van der Waals surface area contributed by atoms with Crippen molar-refractivity contribution in [1.82, 2.24) is 4.90 Å². The molecule has 28 heavy (non-hydrogen) atoms. The highest BCUT2D eigenvalue weighted by Crippen LogP contribution is 2.25. The van der Waals surface area contributed by atoms with Gasteiger partial charge in [-0.05, 0) is 64.7 Å². The lowest BCUT2D eigenvalue weighted by molar-refractivity contribution is 0.0665. The minimum absolute atomic E-state index is 0.0177. The number of hydrogen-bond acceptors (Lipinski definition) is 5. The summed E-state index contributed by atoms with van der Waals surface area (Å²) >= 11 is 3.26. The Balaban J connectivity index is 1.79. The van der Waals surface area contributed by atoms with Crippen LogP contribution in [-0.2, 0) is 16.4 Å². The number of halogens is 1. The Morgan fingerprint density at radius 1 is 1.25 bits per heavy atom. The van der Waals surface area contributed by atoms with Crippen LogP contribution >= 0.6 is 15.9 Å². The third-order valence-corrected chi connectivity index (χ3v) is 6.73. The maximum atomic E-state index is 13.2. The van der Waals surface area contributed by atoms with Crippen LogP contribution in [0.15, 0.2) is 45.5 Å². The second kappa shape index (κ2) is 8.69. The van der Waals surface area contributed by atoms with Gasteiger partial charge in [0, 0.05) is 11.6 Å². The summed E-state index contributed by atoms with van der Waals surface area (Å²) in [5.41, 5.74) is 0.492. The Labute approximate surface area is 173 Å². The Bertz CT molecular complexity index is 920. The third-order valence-electron chi connectivity index (χ3n) is 4.55. The molecular weight excluding hydrogens is 446 g/mol. The quantitative estimate of drug-likeness (QED) is 0.614. The highest BCUT2D eigenvalue weighted by Gasteiger charge is 2.35. The molecule has 0 radical (unpaired) electrons. The predicted molar refractivity (Wildman–Crippen MR) is 110 cm³/mol. The molecular formula is C20H24BrNO5S. The van der Waals surface area contributed by atoms with Crippen LogP contribution < -0.4 is 4.74 Å². The third kappa shape index (κ3) is 5.38. The van der Waals surface area contributed by atoms with E-state index in [-0.39, 0.29) is 30.0 Å². The molecule has 1 fully saturated rings. The molecule has 0 saturated carbocycles. The first-order valence-corrected chi connectivity index (χ1v) is 11.8. The first-order chi connectivity index (χ1) is 13.2. The fourth-order valence-electron chi connectivity index (χ4n) is 3.11. The summed E-state index contributed by atoms with van der Waals surface area (Å²) in [5.74, 6) is 1.58. The smallest absolute Gasteiger partial charge is 0.254 e. The fourth-order valence-corrected chi connectivity index (χ4v) is 5.19. The number of carbonyl (C=O) groups excluding carboxylic acids is 1. The van der Waals surface area contributed by atoms with Crippen LogP contribution in [0.25, 0.3) is 0 Å². The van der Waals surface area contributed by atoms with Crippen molar-refractivity contribution in [3.8, 4) is 5.75 Å². The van der Waals surface area contributed by atoms with Crippen molar-refractivity contribution in [2.24, 2.45) is 5.92 Å². The van der Waals surface area contributed by atoms with Crippen LogP contribution in [0.1, 0.15) is 36.4 Å². The van der Waals surface area contributed by atoms with Gasteiger partial charge >= 0.3 is 0 Å². The van der Waals surface area contributed by atoms with Gasteiger partial charge in [-0.1, -0.05) is 13.8 Å². The van der Waals surface area contributed by atoms with Crippen molar-refractivity contribution in [1.29, 1.82) is 0 Å². The lowest BCUT2D eigenvalue weighted by Gasteiger charge is -2.27. The van der Waals surface area contributed by atoms with Gasteiger partial charge in [-0.3, -0.25) is 4.79 Å². The zero-order valence-electron chi connectivity index (χ0n) is 15.9. The van der Waals surface area contributed by atoms with Crippen molar-refractivity contribution < 1.29 is 22.4 Å². The average molecular weight is 470 g/mol. The predicted octanol–water partition coefficient (Wildman–Crippen LogP) is 3.91. The van der Waals surface area contributed by atoms with Crippen LogP contribution in [0.4, 0.5) is 0 Å². The number of sulfone groups is 1. The van der Waals surface area contributed by atoms with E-state index < -0.39 is 9.84 Å². The minimum atomic E-state index is -3.12. The maximum Gasteiger partial charge on any atom is 0.254 e. The molecule has 1 amide bonds. The van der Waals surface area contributed by atoms with E-state index in [9.17, 15) is 13.2 Å². The van der Waals surface area contributed by atoms with E-state index in [1.165, 1.54) is 0 Å². The molecule has 0 bridgehead atoms. The van der Waals surface area contributed by atoms with Crippen molar-refractivity contribution >= 4 is 31.7 Å². The van der Waals surface area contributed by atoms with E-state index >= 15 is 0 Å². The summed E-state index contributed by atoms with van der Waals surface area (Å²) < 4.78 is 35.7. The van der Waals surface area contributed by atoms with Gasteiger partial charge in [0.15, 0.2) is 14.5 Å². The number of amides is 1. The van der Waals surface area contributed by atoms with Gasteiger partial charge in [0.25, 0.3) is 5.91 Å². The van der Waals surface area contributed by atoms with Gasteiger partial charge in [-0.25, -0.2) is 8.42 Å². The largest absolute Gasteiger partial charge is 0.493 e. The van der Waals surface area contributed by atoms with Gasteiger partial charge in [0.2, 0.25) is 0 Å². The normalized spacial score (nSPS) is 18.4. The van der Waals surface area contributed by atoms with Gasteiger partial charge in [0.05, 0.1) is 24.7 Å². The first-order valence-electron chi connectivity index (χ1n) is 9.22. The Morgan fingerprint density at radius 3 is 2.50 bits per heavy atom. The SMILES string of the molecule is CC(C)COc1ccc(C(=O)N(Cc2ccc(Br)o2)[C@H]2CCS(=O)(=O)C2)cc1. The molecule has 1 aliphatic heterocycles. The molecule has 0 aliphatic carbocycles. The molecule has 1 saturated heterocycles. The van der Waals surface area contributed by atoms with E-state index in [2.05, 4.69) is 29.8 Å². The number of hydrogen-bond donors (Lipinski definition) is 0. The molecule has 3 rings (SSSR count). The zero-order valence-corrected chi connectivity index (χ0v) is 18.3. The standard InChI is InChI=1S/C20H24BrNO5S/c1-14(2)12-26-17-5-3-15(4-6-17)20(23)22(11-18-7-8-19(21)27-18)16-9-10-28(24,25)13-16/h3-8,14,16H,9-13H2,1-2H3/t16-/m0/s1. The Morgan fingerprint density at radius 2 is 1.96 bits per heavy atom. The summed E-state index contributed by atoms with van der Waals surface area (Å²) in [4.78, 5) is 14.8. The number of benzene rings is 1. The van der Waals surface area contributed by atoms with E-state index in [0.717, 1.165) is 0 Å². The second-order valence-corrected chi connectivity index (χ2v) is 10.4. The number of ether oxygens (including phenoxy) is 1. The fraction of sp³-hybridized carbons (Fsp3) is 0.450. The highest BCUT2D eigenvalue weighted by atomic mass is 79.9. The van der Waals surface area contributed by atoms with Crippen LogP contribution in [-0.4, -0.2) is 43.4 Å². The molecule has 1 aromatic carbocycles. The van der Waals surface area contributed by atoms with Crippen molar-refractivity contribution in [2.75, 3.05) is 18.1 Å². The van der Waals surface area contributed by atoms with Crippen LogP contribution in [0.2, 0.25) is 0 Å². The maximum absolute atomic E-state index is 13.2. The molecule has 6 nitrogen and oxygen atoms in total. The average Bonchev–Trinajstić information content (AvgIpc) is 3.22. The lowest BCUT2D eigenvalue weighted by Crippen LogP contribution is -2.40. The topological polar surface area (TPSA) is 76.8 Å². The minimum Gasteiger partial charge on any atom is -0.493 e. The summed E-state index contributed by atoms with van der Waals surface area (Å²) in [6.07, 6.45) is 0.436.